The first-order valence-corrected chi connectivity index (χ1v) is 10.2. The van der Waals surface area contributed by atoms with E-state index >= 15 is 0 Å². The van der Waals surface area contributed by atoms with Crippen molar-refractivity contribution < 1.29 is 4.79 Å². The number of carbonyl (C=O) groups is 1. The van der Waals surface area contributed by atoms with E-state index in [1.165, 1.54) is 0 Å². The highest BCUT2D eigenvalue weighted by atomic mass is 16.1. The number of nitrogens with one attached hydrogen (secondary N) is 1. The first kappa shape index (κ1) is 19.6. The van der Waals surface area contributed by atoms with Crippen LogP contribution in [0.2, 0.25) is 0 Å². The van der Waals surface area contributed by atoms with Gasteiger partial charge in [0.25, 0.3) is 0 Å². The molecule has 3 aromatic carbocycles. The lowest BCUT2D eigenvalue weighted by atomic mass is 9.88. The fourth-order valence-electron chi connectivity index (χ4n) is 3.68. The van der Waals surface area contributed by atoms with Crippen LogP contribution in [0, 0.1) is 0 Å². The van der Waals surface area contributed by atoms with E-state index in [1.807, 2.05) is 65.5 Å². The normalized spacial score (nSPS) is 10.8. The quantitative estimate of drug-likeness (QED) is 0.467. The molecule has 0 aliphatic heterocycles. The third-order valence-electron chi connectivity index (χ3n) is 5.18. The summed E-state index contributed by atoms with van der Waals surface area (Å²) in [6.45, 7) is 1.24. The van der Waals surface area contributed by atoms with Gasteiger partial charge in [0.2, 0.25) is 5.91 Å². The molecule has 0 aliphatic carbocycles. The Labute approximate surface area is 177 Å². The molecule has 4 aromatic rings. The van der Waals surface area contributed by atoms with E-state index in [2.05, 4.69) is 46.8 Å². The van der Waals surface area contributed by atoms with E-state index in [9.17, 15) is 4.79 Å². The van der Waals surface area contributed by atoms with Crippen molar-refractivity contribution in [2.24, 2.45) is 0 Å². The van der Waals surface area contributed by atoms with Gasteiger partial charge in [0.1, 0.15) is 0 Å². The number of benzene rings is 3. The summed E-state index contributed by atoms with van der Waals surface area (Å²) < 4.78 is 1.89. The number of carbonyl (C=O) groups excluding carboxylic acids is 1. The molecular weight excluding hydrogens is 370 g/mol. The van der Waals surface area contributed by atoms with Crippen LogP contribution in [0.3, 0.4) is 0 Å². The van der Waals surface area contributed by atoms with Crippen LogP contribution in [0.15, 0.2) is 103 Å². The Balaban J connectivity index is 1.41. The maximum absolute atomic E-state index is 12.8. The summed E-state index contributed by atoms with van der Waals surface area (Å²) in [5.41, 5.74) is 4.56. The fraction of sp³-hybridized carbons (Fsp3) is 0.154. The van der Waals surface area contributed by atoms with Crippen molar-refractivity contribution in [2.75, 3.05) is 0 Å². The molecule has 1 aromatic heterocycles. The van der Waals surface area contributed by atoms with Gasteiger partial charge >= 0.3 is 0 Å². The SMILES string of the molecule is O=C(CC(c1ccccc1)c1ccccc1)NCc1cccc(Cn2cccn2)c1. The highest BCUT2D eigenvalue weighted by Gasteiger charge is 2.17. The van der Waals surface area contributed by atoms with Crippen molar-refractivity contribution >= 4 is 5.91 Å². The molecule has 1 amide bonds. The zero-order valence-electron chi connectivity index (χ0n) is 16.8. The van der Waals surface area contributed by atoms with Crippen LogP contribution in [-0.2, 0) is 17.9 Å². The number of aromatic nitrogens is 2. The molecule has 1 heterocycles. The first-order chi connectivity index (χ1) is 14.8. The molecule has 4 heteroatoms. The summed E-state index contributed by atoms with van der Waals surface area (Å²) in [6.07, 6.45) is 4.14. The number of rotatable bonds is 8. The molecule has 150 valence electrons. The zero-order valence-corrected chi connectivity index (χ0v) is 16.8. The minimum absolute atomic E-state index is 0.0403. The molecule has 0 saturated carbocycles. The highest BCUT2D eigenvalue weighted by molar-refractivity contribution is 5.77. The van der Waals surface area contributed by atoms with Gasteiger partial charge in [0, 0.05) is 31.3 Å². The van der Waals surface area contributed by atoms with Gasteiger partial charge in [0.15, 0.2) is 0 Å². The third kappa shape index (κ3) is 5.23. The number of hydrogen-bond donors (Lipinski definition) is 1. The second-order valence-corrected chi connectivity index (χ2v) is 7.38. The van der Waals surface area contributed by atoms with Crippen molar-refractivity contribution in [3.05, 3.63) is 126 Å². The second kappa shape index (κ2) is 9.70. The number of amides is 1. The van der Waals surface area contributed by atoms with Gasteiger partial charge in [-0.25, -0.2) is 0 Å². The predicted octanol–water partition coefficient (Wildman–Crippen LogP) is 4.77. The molecule has 1 N–H and O–H groups in total. The molecule has 0 aliphatic rings. The summed E-state index contributed by atoms with van der Waals surface area (Å²) in [5.74, 6) is 0.0868. The van der Waals surface area contributed by atoms with Crippen LogP contribution in [0.5, 0.6) is 0 Å². The molecule has 30 heavy (non-hydrogen) atoms. The largest absolute Gasteiger partial charge is 0.352 e. The standard InChI is InChI=1S/C26H25N3O/c30-26(18-25(23-11-3-1-4-12-23)24-13-5-2-6-14-24)27-19-21-9-7-10-22(17-21)20-29-16-8-15-28-29/h1-17,25H,18-20H2,(H,27,30). The highest BCUT2D eigenvalue weighted by Crippen LogP contribution is 2.27. The lowest BCUT2D eigenvalue weighted by molar-refractivity contribution is -0.121. The van der Waals surface area contributed by atoms with Crippen molar-refractivity contribution in [1.82, 2.24) is 15.1 Å². The van der Waals surface area contributed by atoms with E-state index < -0.39 is 0 Å². The van der Waals surface area contributed by atoms with E-state index in [0.717, 1.165) is 28.8 Å². The van der Waals surface area contributed by atoms with Crippen molar-refractivity contribution in [3.63, 3.8) is 0 Å². The first-order valence-electron chi connectivity index (χ1n) is 10.2. The topological polar surface area (TPSA) is 46.9 Å². The summed E-state index contributed by atoms with van der Waals surface area (Å²) in [7, 11) is 0. The van der Waals surface area contributed by atoms with Crippen LogP contribution in [0.4, 0.5) is 0 Å². The molecule has 0 atom stereocenters. The number of hydrogen-bond acceptors (Lipinski definition) is 2. The second-order valence-electron chi connectivity index (χ2n) is 7.38. The van der Waals surface area contributed by atoms with Crippen LogP contribution in [0.1, 0.15) is 34.6 Å². The molecule has 0 saturated heterocycles. The van der Waals surface area contributed by atoms with Gasteiger partial charge in [-0.3, -0.25) is 9.48 Å². The monoisotopic (exact) mass is 395 g/mol. The van der Waals surface area contributed by atoms with E-state index in [0.29, 0.717) is 13.0 Å². The Morgan fingerprint density at radius 1 is 0.833 bits per heavy atom. The zero-order chi connectivity index (χ0) is 20.6. The Kier molecular flexibility index (Phi) is 6.35. The summed E-state index contributed by atoms with van der Waals surface area (Å²) in [6, 6.07) is 30.6. The van der Waals surface area contributed by atoms with Crippen LogP contribution < -0.4 is 5.32 Å². The Morgan fingerprint density at radius 2 is 1.50 bits per heavy atom. The molecule has 4 nitrogen and oxygen atoms in total. The summed E-state index contributed by atoms with van der Waals surface area (Å²) >= 11 is 0. The molecule has 0 fully saturated rings. The molecule has 0 radical (unpaired) electrons. The van der Waals surface area contributed by atoms with Gasteiger partial charge in [-0.2, -0.15) is 5.10 Å². The average molecular weight is 396 g/mol. The molecule has 0 unspecified atom stereocenters. The smallest absolute Gasteiger partial charge is 0.221 e. The minimum Gasteiger partial charge on any atom is -0.352 e. The van der Waals surface area contributed by atoms with Gasteiger partial charge < -0.3 is 5.32 Å². The van der Waals surface area contributed by atoms with Crippen LogP contribution >= 0.6 is 0 Å². The van der Waals surface area contributed by atoms with Gasteiger partial charge in [0.05, 0.1) is 6.54 Å². The summed E-state index contributed by atoms with van der Waals surface area (Å²) in [5, 5.41) is 7.35. The maximum Gasteiger partial charge on any atom is 0.221 e. The Morgan fingerprint density at radius 3 is 2.13 bits per heavy atom. The van der Waals surface area contributed by atoms with Gasteiger partial charge in [-0.1, -0.05) is 84.9 Å². The molecular formula is C26H25N3O. The fourth-order valence-corrected chi connectivity index (χ4v) is 3.68. The number of nitrogens with zero attached hydrogens (tertiary/aromatic N) is 2. The van der Waals surface area contributed by atoms with Gasteiger partial charge in [-0.05, 0) is 28.3 Å². The Hall–Kier alpha value is -3.66. The maximum atomic E-state index is 12.8. The third-order valence-corrected chi connectivity index (χ3v) is 5.18. The predicted molar refractivity (Wildman–Crippen MR) is 119 cm³/mol. The van der Waals surface area contributed by atoms with E-state index in [4.69, 9.17) is 0 Å². The van der Waals surface area contributed by atoms with E-state index in [-0.39, 0.29) is 11.8 Å². The van der Waals surface area contributed by atoms with Gasteiger partial charge in [-0.15, -0.1) is 0 Å². The lowest BCUT2D eigenvalue weighted by Crippen LogP contribution is -2.25. The lowest BCUT2D eigenvalue weighted by Gasteiger charge is -2.18. The van der Waals surface area contributed by atoms with Crippen LogP contribution in [0.25, 0.3) is 0 Å². The van der Waals surface area contributed by atoms with E-state index in [1.54, 1.807) is 6.20 Å². The molecule has 0 bridgehead atoms. The Bertz CT molecular complexity index is 1020. The minimum atomic E-state index is 0.0403. The average Bonchev–Trinajstić information content (AvgIpc) is 3.30. The molecule has 4 rings (SSSR count). The summed E-state index contributed by atoms with van der Waals surface area (Å²) in [4.78, 5) is 12.8. The van der Waals surface area contributed by atoms with Crippen molar-refractivity contribution in [3.8, 4) is 0 Å². The van der Waals surface area contributed by atoms with Crippen molar-refractivity contribution in [1.29, 1.82) is 0 Å². The van der Waals surface area contributed by atoms with Crippen molar-refractivity contribution in [2.45, 2.75) is 25.4 Å². The van der Waals surface area contributed by atoms with Crippen LogP contribution in [-0.4, -0.2) is 15.7 Å². The molecule has 0 spiro atoms.